The third-order valence-corrected chi connectivity index (χ3v) is 10.1. The Labute approximate surface area is 149 Å². The fraction of sp³-hybridized carbons (Fsp3) is 0.571. The molecule has 1 heterocycles. The number of sulfone groups is 2. The molecule has 2 rings (SSSR count). The lowest BCUT2D eigenvalue weighted by Crippen LogP contribution is -2.44. The summed E-state index contributed by atoms with van der Waals surface area (Å²) in [7, 11) is -8.23. The maximum absolute atomic E-state index is 12.7. The molecule has 1 aliphatic heterocycles. The Morgan fingerprint density at radius 3 is 2.08 bits per heavy atom. The highest BCUT2D eigenvalue weighted by atomic mass is 79.9. The zero-order valence-corrected chi connectivity index (χ0v) is 16.6. The predicted molar refractivity (Wildman–Crippen MR) is 91.6 cm³/mol. The fourth-order valence-electron chi connectivity index (χ4n) is 2.73. The maximum atomic E-state index is 12.7. The van der Waals surface area contributed by atoms with Gasteiger partial charge >= 0.3 is 5.69 Å². The second-order valence-electron chi connectivity index (χ2n) is 7.00. The van der Waals surface area contributed by atoms with Crippen LogP contribution >= 0.6 is 15.9 Å². The minimum absolute atomic E-state index is 0.0591. The summed E-state index contributed by atoms with van der Waals surface area (Å²) in [4.78, 5) is 2.92. The number of nitrogens with zero attached hydrogens (tertiary/aromatic N) is 2. The SMILES string of the molecule is CC(C)(C)C1CS(=O)(=O)C(c2cc([N+]#N)cc(Br)c2[O-])S(=O)(=O)C1. The van der Waals surface area contributed by atoms with Crippen molar-refractivity contribution in [3.63, 3.8) is 0 Å². The van der Waals surface area contributed by atoms with Crippen LogP contribution in [0.2, 0.25) is 0 Å². The van der Waals surface area contributed by atoms with E-state index in [1.165, 1.54) is 6.07 Å². The highest BCUT2D eigenvalue weighted by Gasteiger charge is 2.49. The number of hydrogen-bond donors (Lipinski definition) is 0. The first-order valence-electron chi connectivity index (χ1n) is 7.08. The smallest absolute Gasteiger partial charge is 0.386 e. The lowest BCUT2D eigenvalue weighted by Gasteiger charge is -2.37. The molecule has 0 bridgehead atoms. The highest BCUT2D eigenvalue weighted by molar-refractivity contribution is 9.10. The Morgan fingerprint density at radius 1 is 1.17 bits per heavy atom. The lowest BCUT2D eigenvalue weighted by atomic mass is 9.83. The molecular weight excluding hydrogens is 420 g/mol. The molecule has 1 fully saturated rings. The number of diazo groups is 1. The summed E-state index contributed by atoms with van der Waals surface area (Å²) in [6, 6.07) is 2.19. The van der Waals surface area contributed by atoms with Crippen molar-refractivity contribution >= 4 is 41.3 Å². The maximum Gasteiger partial charge on any atom is 0.386 e. The predicted octanol–water partition coefficient (Wildman–Crippen LogP) is 2.51. The zero-order valence-electron chi connectivity index (χ0n) is 13.4. The van der Waals surface area contributed by atoms with E-state index in [1.54, 1.807) is 20.8 Å². The summed E-state index contributed by atoms with van der Waals surface area (Å²) in [5.41, 5.74) is -1.02. The molecular formula is C14H17BrN2O5S2. The molecule has 1 aromatic rings. The number of rotatable bonds is 1. The van der Waals surface area contributed by atoms with Crippen molar-refractivity contribution < 1.29 is 21.9 Å². The van der Waals surface area contributed by atoms with Crippen molar-refractivity contribution in [3.8, 4) is 5.75 Å². The molecule has 0 atom stereocenters. The Bertz CT molecular complexity index is 891. The van der Waals surface area contributed by atoms with Gasteiger partial charge in [-0.3, -0.25) is 0 Å². The molecule has 0 unspecified atom stereocenters. The summed E-state index contributed by atoms with van der Waals surface area (Å²) in [5, 5.41) is 21.2. The lowest BCUT2D eigenvalue weighted by molar-refractivity contribution is -0.270. The van der Waals surface area contributed by atoms with Gasteiger partial charge in [0.2, 0.25) is 5.39 Å². The van der Waals surface area contributed by atoms with Crippen LogP contribution in [-0.4, -0.2) is 28.3 Å². The topological polar surface area (TPSA) is 119 Å². The minimum Gasteiger partial charge on any atom is -0.871 e. The molecule has 0 spiro atoms. The molecule has 0 radical (unpaired) electrons. The third-order valence-electron chi connectivity index (χ3n) is 4.17. The van der Waals surface area contributed by atoms with Crippen LogP contribution in [0.5, 0.6) is 5.75 Å². The van der Waals surface area contributed by atoms with E-state index < -0.39 is 46.9 Å². The zero-order chi connectivity index (χ0) is 18.5. The Morgan fingerprint density at radius 2 is 1.67 bits per heavy atom. The summed E-state index contributed by atoms with van der Waals surface area (Å²) < 4.78 is 48.8. The van der Waals surface area contributed by atoms with Crippen molar-refractivity contribution in [2.75, 3.05) is 11.5 Å². The molecule has 0 aliphatic carbocycles. The van der Waals surface area contributed by atoms with Crippen LogP contribution in [0.4, 0.5) is 5.69 Å². The average molecular weight is 437 g/mol. The summed E-state index contributed by atoms with van der Waals surface area (Å²) in [6.07, 6.45) is 0. The standard InChI is InChI=1S/C14H17BrN2O5S2/c1-14(2,3)8-6-23(19,20)13(24(21,22)7-8)10-4-9(17-16)5-11(15)12(10)18/h4-5,8,13H,6-7H2,1-3H3. The van der Waals surface area contributed by atoms with Gasteiger partial charge in [-0.15, -0.1) is 0 Å². The largest absolute Gasteiger partial charge is 0.871 e. The molecule has 1 aliphatic rings. The Hall–Kier alpha value is -1.18. The second-order valence-corrected chi connectivity index (χ2v) is 12.4. The van der Waals surface area contributed by atoms with Gasteiger partial charge in [0.25, 0.3) is 0 Å². The van der Waals surface area contributed by atoms with Crippen molar-refractivity contribution in [2.24, 2.45) is 11.3 Å². The fourth-order valence-corrected chi connectivity index (χ4v) is 9.43. The van der Waals surface area contributed by atoms with Gasteiger partial charge in [0.15, 0.2) is 29.2 Å². The normalized spacial score (nSPS) is 25.8. The van der Waals surface area contributed by atoms with Crippen LogP contribution in [-0.2, 0) is 19.7 Å². The van der Waals surface area contributed by atoms with Crippen molar-refractivity contribution in [1.29, 1.82) is 5.39 Å². The highest BCUT2D eigenvalue weighted by Crippen LogP contribution is 2.46. The van der Waals surface area contributed by atoms with Crippen molar-refractivity contribution in [3.05, 3.63) is 27.1 Å². The molecule has 7 nitrogen and oxygen atoms in total. The average Bonchev–Trinajstić information content (AvgIpc) is 2.39. The van der Waals surface area contributed by atoms with Crippen molar-refractivity contribution in [2.45, 2.75) is 25.4 Å². The summed E-state index contributed by atoms with van der Waals surface area (Å²) in [6.45, 7) is 5.34. The van der Waals surface area contributed by atoms with Crippen LogP contribution in [0.15, 0.2) is 16.6 Å². The van der Waals surface area contributed by atoms with Gasteiger partial charge in [-0.1, -0.05) is 42.5 Å². The molecule has 10 heteroatoms. The minimum atomic E-state index is -4.11. The van der Waals surface area contributed by atoms with Gasteiger partial charge in [0.05, 0.1) is 11.5 Å². The molecule has 0 aromatic heterocycles. The quantitative estimate of drug-likeness (QED) is 0.623. The Kier molecular flexibility index (Phi) is 4.76. The van der Waals surface area contributed by atoms with E-state index in [9.17, 15) is 21.9 Å². The van der Waals surface area contributed by atoms with E-state index in [2.05, 4.69) is 20.9 Å². The molecule has 1 saturated heterocycles. The first-order valence-corrected chi connectivity index (χ1v) is 11.3. The van der Waals surface area contributed by atoms with Gasteiger partial charge in [-0.2, -0.15) is 0 Å². The van der Waals surface area contributed by atoms with E-state index in [0.717, 1.165) is 6.07 Å². The molecule has 0 amide bonds. The molecule has 132 valence electrons. The van der Waals surface area contributed by atoms with Gasteiger partial charge < -0.3 is 5.11 Å². The first-order chi connectivity index (χ1) is 10.8. The summed E-state index contributed by atoms with van der Waals surface area (Å²) >= 11 is 2.95. The van der Waals surface area contributed by atoms with Crippen LogP contribution in [0, 0.1) is 16.7 Å². The third kappa shape index (κ3) is 3.43. The molecule has 1 aromatic carbocycles. The second kappa shape index (κ2) is 5.97. The number of hydrogen-bond acceptors (Lipinski definition) is 6. The van der Waals surface area contributed by atoms with Gasteiger partial charge in [-0.05, 0) is 16.9 Å². The van der Waals surface area contributed by atoms with E-state index in [1.807, 2.05) is 0 Å². The van der Waals surface area contributed by atoms with Gasteiger partial charge in [-0.25, -0.2) is 16.8 Å². The van der Waals surface area contributed by atoms with E-state index in [0.29, 0.717) is 0 Å². The van der Waals surface area contributed by atoms with Crippen LogP contribution < -0.4 is 5.11 Å². The van der Waals surface area contributed by atoms with E-state index in [4.69, 9.17) is 5.39 Å². The monoisotopic (exact) mass is 436 g/mol. The van der Waals surface area contributed by atoms with Gasteiger partial charge in [0, 0.05) is 16.6 Å². The van der Waals surface area contributed by atoms with E-state index in [-0.39, 0.29) is 21.7 Å². The van der Waals surface area contributed by atoms with Gasteiger partial charge in [0.1, 0.15) is 0 Å². The Balaban J connectivity index is 2.69. The number of benzene rings is 1. The first kappa shape index (κ1) is 19.1. The summed E-state index contributed by atoms with van der Waals surface area (Å²) in [5.74, 6) is -1.95. The van der Waals surface area contributed by atoms with Crippen LogP contribution in [0.25, 0.3) is 4.98 Å². The van der Waals surface area contributed by atoms with E-state index >= 15 is 0 Å². The molecule has 24 heavy (non-hydrogen) atoms. The van der Waals surface area contributed by atoms with Crippen LogP contribution in [0.3, 0.4) is 0 Å². The number of halogens is 1. The van der Waals surface area contributed by atoms with Crippen molar-refractivity contribution in [1.82, 2.24) is 0 Å². The van der Waals surface area contributed by atoms with Crippen LogP contribution in [0.1, 0.15) is 30.9 Å². The molecule has 0 saturated carbocycles. The molecule has 0 N–H and O–H groups in total.